The van der Waals surface area contributed by atoms with Gasteiger partial charge in [0, 0.05) is 23.7 Å². The highest BCUT2D eigenvalue weighted by Crippen LogP contribution is 2.37. The molecule has 0 unspecified atom stereocenters. The number of H-pyrrole nitrogens is 1. The van der Waals surface area contributed by atoms with Crippen LogP contribution in [0.25, 0.3) is 10.9 Å². The summed E-state index contributed by atoms with van der Waals surface area (Å²) >= 11 is 0. The molecule has 0 atom stereocenters. The standard InChI is InChI=1S/C14H9F3N6O4/c15-14(16,17)10-3-4-22(21-10)6-11(24)19-20-12-8-5-7(23(26)27)1-2-9(8)18-13(12)25/h1-5,18,25H,6H2. The van der Waals surface area contributed by atoms with Gasteiger partial charge in [-0.2, -0.15) is 18.3 Å². The molecule has 0 fully saturated rings. The van der Waals surface area contributed by atoms with Crippen LogP contribution in [-0.2, 0) is 17.5 Å². The number of benzene rings is 1. The molecule has 3 rings (SSSR count). The van der Waals surface area contributed by atoms with Gasteiger partial charge in [-0.15, -0.1) is 10.2 Å². The summed E-state index contributed by atoms with van der Waals surface area (Å²) in [5.41, 5.74) is -1.31. The van der Waals surface area contributed by atoms with Crippen molar-refractivity contribution in [1.82, 2.24) is 14.8 Å². The van der Waals surface area contributed by atoms with Gasteiger partial charge in [0.05, 0.1) is 10.4 Å². The van der Waals surface area contributed by atoms with Gasteiger partial charge >= 0.3 is 6.18 Å². The molecule has 0 radical (unpaired) electrons. The number of aromatic amines is 1. The van der Waals surface area contributed by atoms with Crippen molar-refractivity contribution in [1.29, 1.82) is 0 Å². The summed E-state index contributed by atoms with van der Waals surface area (Å²) in [4.78, 5) is 24.5. The first-order chi connectivity index (χ1) is 12.6. The maximum Gasteiger partial charge on any atom is 0.435 e. The van der Waals surface area contributed by atoms with E-state index in [2.05, 4.69) is 20.3 Å². The number of non-ortho nitro benzene ring substituents is 1. The van der Waals surface area contributed by atoms with Crippen LogP contribution in [0.5, 0.6) is 5.88 Å². The number of halogens is 3. The van der Waals surface area contributed by atoms with E-state index in [1.807, 2.05) is 0 Å². The third kappa shape index (κ3) is 3.75. The Kier molecular flexibility index (Phi) is 4.35. The summed E-state index contributed by atoms with van der Waals surface area (Å²) in [6.07, 6.45) is -3.68. The van der Waals surface area contributed by atoms with Gasteiger partial charge in [-0.05, 0) is 12.1 Å². The fraction of sp³-hybridized carbons (Fsp3) is 0.143. The van der Waals surface area contributed by atoms with Gasteiger partial charge in [-0.25, -0.2) is 0 Å². The van der Waals surface area contributed by atoms with E-state index in [4.69, 9.17) is 0 Å². The second-order valence-electron chi connectivity index (χ2n) is 5.30. The quantitative estimate of drug-likeness (QED) is 0.405. The summed E-state index contributed by atoms with van der Waals surface area (Å²) in [5.74, 6) is -1.41. The molecule has 140 valence electrons. The Morgan fingerprint density at radius 1 is 1.37 bits per heavy atom. The summed E-state index contributed by atoms with van der Waals surface area (Å²) in [6, 6.07) is 4.39. The molecule has 1 amide bonds. The minimum absolute atomic E-state index is 0.150. The van der Waals surface area contributed by atoms with E-state index in [0.29, 0.717) is 11.6 Å². The molecule has 1 aromatic carbocycles. The molecule has 0 bridgehead atoms. The molecule has 13 heteroatoms. The lowest BCUT2D eigenvalue weighted by atomic mass is 10.2. The summed E-state index contributed by atoms with van der Waals surface area (Å²) < 4.78 is 38.2. The van der Waals surface area contributed by atoms with Gasteiger partial charge in [-0.3, -0.25) is 19.6 Å². The first kappa shape index (κ1) is 18.0. The Balaban J connectivity index is 1.82. The predicted octanol–water partition coefficient (Wildman–Crippen LogP) is 3.31. The molecule has 0 spiro atoms. The van der Waals surface area contributed by atoms with Gasteiger partial charge < -0.3 is 10.1 Å². The van der Waals surface area contributed by atoms with Crippen LogP contribution in [0.3, 0.4) is 0 Å². The number of nitro groups is 1. The molecule has 2 heterocycles. The Hall–Kier alpha value is -3.77. The highest BCUT2D eigenvalue weighted by molar-refractivity contribution is 5.95. The van der Waals surface area contributed by atoms with Crippen LogP contribution in [-0.4, -0.2) is 30.7 Å². The fourth-order valence-corrected chi connectivity index (χ4v) is 2.24. The van der Waals surface area contributed by atoms with Gasteiger partial charge in [-0.1, -0.05) is 0 Å². The monoisotopic (exact) mass is 382 g/mol. The molecule has 0 aliphatic carbocycles. The molecular formula is C14H9F3N6O4. The van der Waals surface area contributed by atoms with E-state index in [0.717, 1.165) is 16.9 Å². The number of nitrogens with one attached hydrogen (secondary N) is 1. The number of hydrogen-bond donors (Lipinski definition) is 2. The molecule has 2 N–H and O–H groups in total. The summed E-state index contributed by atoms with van der Waals surface area (Å²) in [7, 11) is 0. The molecule has 0 saturated carbocycles. The lowest BCUT2D eigenvalue weighted by Gasteiger charge is -2.00. The first-order valence-electron chi connectivity index (χ1n) is 7.19. The summed E-state index contributed by atoms with van der Waals surface area (Å²) in [6.45, 7) is -0.608. The second kappa shape index (κ2) is 6.51. The van der Waals surface area contributed by atoms with E-state index in [-0.39, 0.29) is 16.8 Å². The number of carbonyl (C=O) groups excluding carboxylic acids is 1. The van der Waals surface area contributed by atoms with Crippen molar-refractivity contribution < 1.29 is 28.0 Å². The van der Waals surface area contributed by atoms with Crippen molar-refractivity contribution in [2.24, 2.45) is 10.2 Å². The third-order valence-electron chi connectivity index (χ3n) is 3.44. The lowest BCUT2D eigenvalue weighted by molar-refractivity contribution is -0.384. The van der Waals surface area contributed by atoms with Crippen LogP contribution in [0.1, 0.15) is 5.69 Å². The van der Waals surface area contributed by atoms with E-state index < -0.39 is 35.1 Å². The van der Waals surface area contributed by atoms with Crippen molar-refractivity contribution >= 4 is 28.2 Å². The largest absolute Gasteiger partial charge is 0.493 e. The van der Waals surface area contributed by atoms with Gasteiger partial charge in [0.1, 0.15) is 6.54 Å². The van der Waals surface area contributed by atoms with Crippen LogP contribution >= 0.6 is 0 Å². The number of aromatic hydroxyl groups is 1. The number of carbonyl (C=O) groups is 1. The fourth-order valence-electron chi connectivity index (χ4n) is 2.24. The van der Waals surface area contributed by atoms with Gasteiger partial charge in [0.15, 0.2) is 11.4 Å². The molecule has 0 aliphatic rings. The van der Waals surface area contributed by atoms with Crippen molar-refractivity contribution in [2.75, 3.05) is 0 Å². The predicted molar refractivity (Wildman–Crippen MR) is 83.4 cm³/mol. The molecule has 3 aromatic rings. The molecule has 27 heavy (non-hydrogen) atoms. The van der Waals surface area contributed by atoms with Crippen molar-refractivity contribution in [2.45, 2.75) is 12.7 Å². The number of azo groups is 1. The Morgan fingerprint density at radius 3 is 2.74 bits per heavy atom. The lowest BCUT2D eigenvalue weighted by Crippen LogP contribution is -2.11. The zero-order valence-electron chi connectivity index (χ0n) is 13.1. The van der Waals surface area contributed by atoms with E-state index in [9.17, 15) is 33.2 Å². The summed E-state index contributed by atoms with van der Waals surface area (Å²) in [5, 5.41) is 30.9. The zero-order valence-corrected chi connectivity index (χ0v) is 13.1. The van der Waals surface area contributed by atoms with E-state index in [1.165, 1.54) is 12.1 Å². The van der Waals surface area contributed by atoms with Crippen molar-refractivity contribution in [3.63, 3.8) is 0 Å². The molecule has 0 saturated heterocycles. The van der Waals surface area contributed by atoms with Crippen molar-refractivity contribution in [3.8, 4) is 5.88 Å². The second-order valence-corrected chi connectivity index (χ2v) is 5.30. The van der Waals surface area contributed by atoms with Crippen LogP contribution in [0.2, 0.25) is 0 Å². The van der Waals surface area contributed by atoms with Crippen LogP contribution in [0.4, 0.5) is 24.5 Å². The highest BCUT2D eigenvalue weighted by Gasteiger charge is 2.33. The number of fused-ring (bicyclic) bond motifs is 1. The Bertz CT molecular complexity index is 1070. The number of amides is 1. The van der Waals surface area contributed by atoms with E-state index in [1.54, 1.807) is 0 Å². The van der Waals surface area contributed by atoms with Crippen molar-refractivity contribution in [3.05, 3.63) is 46.3 Å². The minimum Gasteiger partial charge on any atom is -0.493 e. The molecule has 10 nitrogen and oxygen atoms in total. The molecule has 0 aliphatic heterocycles. The van der Waals surface area contributed by atoms with Crippen LogP contribution in [0.15, 0.2) is 40.7 Å². The number of rotatable bonds is 4. The maximum atomic E-state index is 12.5. The average Bonchev–Trinajstić information content (AvgIpc) is 3.16. The number of aromatic nitrogens is 3. The minimum atomic E-state index is -4.64. The Labute approximate surface area is 147 Å². The zero-order chi connectivity index (χ0) is 19.8. The first-order valence-corrected chi connectivity index (χ1v) is 7.19. The normalized spacial score (nSPS) is 12.1. The number of nitro benzene ring substituents is 1. The maximum absolute atomic E-state index is 12.5. The van der Waals surface area contributed by atoms with Crippen LogP contribution in [0, 0.1) is 10.1 Å². The molecular weight excluding hydrogens is 373 g/mol. The smallest absolute Gasteiger partial charge is 0.435 e. The number of alkyl halides is 3. The number of hydrogen-bond acceptors (Lipinski definition) is 6. The highest BCUT2D eigenvalue weighted by atomic mass is 19.4. The molecule has 2 aromatic heterocycles. The number of nitrogens with zero attached hydrogens (tertiary/aromatic N) is 5. The SMILES string of the molecule is O=C(Cn1ccc(C(F)(F)F)n1)N=Nc1c(O)[nH]c2ccc([N+](=O)[O-])cc12. The topological polar surface area (TPSA) is 139 Å². The average molecular weight is 382 g/mol. The third-order valence-corrected chi connectivity index (χ3v) is 3.44. The van der Waals surface area contributed by atoms with Gasteiger partial charge in [0.25, 0.3) is 11.6 Å². The Morgan fingerprint density at radius 2 is 2.11 bits per heavy atom. The van der Waals surface area contributed by atoms with Gasteiger partial charge in [0.2, 0.25) is 5.88 Å². The van der Waals surface area contributed by atoms with E-state index >= 15 is 0 Å². The van der Waals surface area contributed by atoms with Crippen LogP contribution < -0.4 is 0 Å².